The van der Waals surface area contributed by atoms with Gasteiger partial charge in [-0.05, 0) is 116 Å². The fourth-order valence-electron chi connectivity index (χ4n) is 9.83. The Labute approximate surface area is 378 Å². The van der Waals surface area contributed by atoms with Gasteiger partial charge < -0.3 is 40.8 Å². The van der Waals surface area contributed by atoms with Crippen LogP contribution >= 0.6 is 22.6 Å². The number of halogens is 1. The number of fused-ring (bicyclic) bond motifs is 2. The molecule has 4 aromatic rings. The van der Waals surface area contributed by atoms with Crippen molar-refractivity contribution < 1.29 is 19.5 Å². The van der Waals surface area contributed by atoms with Crippen molar-refractivity contribution in [2.45, 2.75) is 103 Å². The lowest BCUT2D eigenvalue weighted by atomic mass is 9.70. The molecule has 12 heteroatoms. The Morgan fingerprint density at radius 2 is 1.02 bits per heavy atom. The quantitative estimate of drug-likeness (QED) is 0.0835. The molecule has 5 aliphatic rings. The number of anilines is 4. The zero-order valence-electron chi connectivity index (χ0n) is 37.2. The van der Waals surface area contributed by atoms with Crippen LogP contribution in [-0.2, 0) is 35.0 Å². The van der Waals surface area contributed by atoms with E-state index in [2.05, 4.69) is 132 Å². The number of piperazine rings is 2. The smallest absolute Gasteiger partial charge is 0.399 e. The van der Waals surface area contributed by atoms with Crippen molar-refractivity contribution in [3.8, 4) is 0 Å². The molecule has 0 bridgehead atoms. The van der Waals surface area contributed by atoms with E-state index in [0.717, 1.165) is 99.8 Å². The summed E-state index contributed by atoms with van der Waals surface area (Å²) in [6.07, 6.45) is 2.52. The molecular formula is C49H68BIN6O4. The summed E-state index contributed by atoms with van der Waals surface area (Å²) in [4.78, 5) is 9.63. The molecule has 0 spiro atoms. The van der Waals surface area contributed by atoms with E-state index in [1.54, 1.807) is 0 Å². The van der Waals surface area contributed by atoms with Crippen molar-refractivity contribution in [3.63, 3.8) is 0 Å². The summed E-state index contributed by atoms with van der Waals surface area (Å²) in [6, 6.07) is 29.4. The van der Waals surface area contributed by atoms with Gasteiger partial charge in [0.1, 0.15) is 0 Å². The SMILES string of the molecule is CC1(C)OB(c2cccc3c2C[C@@H](O)[C@H](N2CCN(c4ccccc4N)CC2)C3)OC1(C)C.C[11CH2]I.[11CH3]c1cccc2c1C[C@@H](O)[C@H](N1CCN(c3ccccc3N)CC1)C2. The lowest BCUT2D eigenvalue weighted by molar-refractivity contribution is 0.00578. The van der Waals surface area contributed by atoms with Crippen LogP contribution in [0.15, 0.2) is 84.9 Å². The van der Waals surface area contributed by atoms with Crippen molar-refractivity contribution in [1.29, 1.82) is 0 Å². The van der Waals surface area contributed by atoms with Crippen molar-refractivity contribution >= 4 is 57.9 Å². The van der Waals surface area contributed by atoms with Gasteiger partial charge in [0.05, 0.1) is 46.2 Å². The number of hydrogen-bond acceptors (Lipinski definition) is 10. The number of alkyl halides is 1. The molecule has 3 aliphatic heterocycles. The standard InChI is InChI=1S/C26H36BN3O3.C21H27N3O.C2H5I/c1-25(2)26(3,4)33-27(32-25)20-9-7-8-18-16-23(24(31)17-19(18)20)30-14-12-29(13-15-30)22-11-6-5-10-21(22)28;1-15-5-4-6-16-13-20(21(25)14-17(15)16)24-11-9-23(10-12-24)19-8-3-2-7-18(19)22;1-2-3/h5-11,23-24,31H,12-17,28H2,1-4H3;2-8,20-21,25H,9-14,22H2,1H3;2H2,1H3/t23-,24-;20-,21-;/m11./s1/i;1-1;2-1. The second-order valence-corrected chi connectivity index (χ2v) is 19.8. The Morgan fingerprint density at radius 3 is 1.48 bits per heavy atom. The summed E-state index contributed by atoms with van der Waals surface area (Å²) < 4.78 is 13.9. The third-order valence-electron chi connectivity index (χ3n) is 14.0. The summed E-state index contributed by atoms with van der Waals surface area (Å²) >= 11 is 2.29. The van der Waals surface area contributed by atoms with Gasteiger partial charge in [0, 0.05) is 70.9 Å². The van der Waals surface area contributed by atoms with Crippen LogP contribution in [0, 0.1) is 6.92 Å². The van der Waals surface area contributed by atoms with E-state index in [0.29, 0.717) is 6.42 Å². The van der Waals surface area contributed by atoms with Crippen molar-refractivity contribution in [3.05, 3.63) is 113 Å². The maximum absolute atomic E-state index is 11.2. The average molecular weight is 941 g/mol. The van der Waals surface area contributed by atoms with Crippen LogP contribution in [0.25, 0.3) is 0 Å². The number of nitrogen functional groups attached to an aromatic ring is 2. The van der Waals surface area contributed by atoms with E-state index < -0.39 is 13.2 Å². The first-order valence-electron chi connectivity index (χ1n) is 22.3. The predicted octanol–water partition coefficient (Wildman–Crippen LogP) is 5.89. The van der Waals surface area contributed by atoms with Gasteiger partial charge in [0.15, 0.2) is 0 Å². The molecule has 0 unspecified atom stereocenters. The highest BCUT2D eigenvalue weighted by atomic mass is 127. The molecule has 0 amide bonds. The van der Waals surface area contributed by atoms with E-state index in [4.69, 9.17) is 20.8 Å². The Morgan fingerprint density at radius 1 is 0.607 bits per heavy atom. The number of para-hydroxylation sites is 4. The molecule has 0 aromatic heterocycles. The van der Waals surface area contributed by atoms with Gasteiger partial charge in [-0.2, -0.15) is 0 Å². The van der Waals surface area contributed by atoms with E-state index in [1.807, 2.05) is 36.4 Å². The number of rotatable bonds is 5. The molecule has 61 heavy (non-hydrogen) atoms. The van der Waals surface area contributed by atoms with Gasteiger partial charge in [-0.25, -0.2) is 0 Å². The molecule has 3 saturated heterocycles. The normalized spacial score (nSPS) is 24.8. The largest absolute Gasteiger partial charge is 0.495 e. The first kappa shape index (κ1) is 45.7. The Kier molecular flexibility index (Phi) is 14.6. The molecule has 0 radical (unpaired) electrons. The molecule has 328 valence electrons. The first-order chi connectivity index (χ1) is 29.2. The highest BCUT2D eigenvalue weighted by molar-refractivity contribution is 14.1. The number of hydrogen-bond donors (Lipinski definition) is 4. The van der Waals surface area contributed by atoms with E-state index >= 15 is 0 Å². The van der Waals surface area contributed by atoms with Crippen LogP contribution in [0.2, 0.25) is 0 Å². The average Bonchev–Trinajstić information content (AvgIpc) is 3.47. The van der Waals surface area contributed by atoms with Crippen LogP contribution in [0.4, 0.5) is 22.7 Å². The maximum Gasteiger partial charge on any atom is 0.495 e. The minimum absolute atomic E-state index is 0.126. The zero-order valence-corrected chi connectivity index (χ0v) is 39.4. The summed E-state index contributed by atoms with van der Waals surface area (Å²) in [7, 11) is -0.395. The maximum atomic E-state index is 11.2. The van der Waals surface area contributed by atoms with Crippen molar-refractivity contribution in [2.75, 3.05) is 78.1 Å². The van der Waals surface area contributed by atoms with Gasteiger partial charge in [-0.3, -0.25) is 9.80 Å². The molecule has 9 rings (SSSR count). The lowest BCUT2D eigenvalue weighted by Gasteiger charge is -2.44. The number of nitrogens with zero attached hydrogens (tertiary/aromatic N) is 4. The molecule has 2 aliphatic carbocycles. The molecule has 4 atom stereocenters. The van der Waals surface area contributed by atoms with Gasteiger partial charge in [0.25, 0.3) is 0 Å². The third kappa shape index (κ3) is 10.1. The monoisotopic (exact) mass is 940 g/mol. The minimum atomic E-state index is -0.408. The summed E-state index contributed by atoms with van der Waals surface area (Å²) in [5.74, 6) is 0. The highest BCUT2D eigenvalue weighted by Gasteiger charge is 2.52. The number of nitrogens with two attached hydrogens (primary N) is 2. The first-order valence-corrected chi connectivity index (χ1v) is 23.9. The van der Waals surface area contributed by atoms with E-state index in [1.165, 1.54) is 32.2 Å². The Balaban J connectivity index is 0.000000179. The summed E-state index contributed by atoms with van der Waals surface area (Å²) in [5.41, 5.74) is 23.1. The van der Waals surface area contributed by atoms with E-state index in [9.17, 15) is 10.2 Å². The molecule has 0 saturated carbocycles. The molecule has 6 N–H and O–H groups in total. The molecule has 3 fully saturated rings. The second kappa shape index (κ2) is 19.6. The van der Waals surface area contributed by atoms with Gasteiger partial charge in [-0.1, -0.05) is 90.2 Å². The minimum Gasteiger partial charge on any atom is -0.399 e. The van der Waals surface area contributed by atoms with Crippen LogP contribution in [0.3, 0.4) is 0 Å². The van der Waals surface area contributed by atoms with Gasteiger partial charge in [-0.15, -0.1) is 0 Å². The predicted molar refractivity (Wildman–Crippen MR) is 262 cm³/mol. The topological polar surface area (TPSA) is 124 Å². The van der Waals surface area contributed by atoms with Crippen molar-refractivity contribution in [2.24, 2.45) is 0 Å². The fraction of sp³-hybridized carbons (Fsp3) is 0.510. The van der Waals surface area contributed by atoms with Crippen LogP contribution < -0.4 is 26.7 Å². The second-order valence-electron chi connectivity index (χ2n) is 18.3. The molecule has 10 nitrogen and oxygen atoms in total. The summed E-state index contributed by atoms with van der Waals surface area (Å²) in [6.45, 7) is 20.1. The third-order valence-corrected chi connectivity index (χ3v) is 14.0. The fourth-order valence-corrected chi connectivity index (χ4v) is 9.83. The highest BCUT2D eigenvalue weighted by Crippen LogP contribution is 2.38. The molecule has 3 heterocycles. The summed E-state index contributed by atoms with van der Waals surface area (Å²) in [5, 5.41) is 22.0. The number of aryl methyl sites for hydroxylation is 1. The molecular weight excluding hydrogens is 872 g/mol. The Hall–Kier alpha value is -3.37. The Bertz CT molecular complexity index is 2070. The van der Waals surface area contributed by atoms with Gasteiger partial charge >= 0.3 is 7.12 Å². The van der Waals surface area contributed by atoms with Crippen molar-refractivity contribution in [1.82, 2.24) is 9.80 Å². The molecule has 4 aromatic carbocycles. The van der Waals surface area contributed by atoms with E-state index in [-0.39, 0.29) is 29.4 Å². The van der Waals surface area contributed by atoms with Crippen LogP contribution in [0.5, 0.6) is 0 Å². The van der Waals surface area contributed by atoms with Crippen LogP contribution in [-0.4, -0.2) is 119 Å². The lowest BCUT2D eigenvalue weighted by Crippen LogP contribution is -2.56. The number of aliphatic hydroxyl groups excluding tert-OH is 2. The zero-order chi connectivity index (χ0) is 43.5. The van der Waals surface area contributed by atoms with Crippen LogP contribution in [0.1, 0.15) is 62.4 Å². The van der Waals surface area contributed by atoms with Gasteiger partial charge in [0.2, 0.25) is 0 Å². The number of benzene rings is 4. The number of aliphatic hydroxyl groups is 2.